The van der Waals surface area contributed by atoms with Gasteiger partial charge in [-0.1, -0.05) is 25.0 Å². The first kappa shape index (κ1) is 23.2. The first-order chi connectivity index (χ1) is 13.8. The van der Waals surface area contributed by atoms with E-state index in [1.165, 1.54) is 18.4 Å². The minimum absolute atomic E-state index is 0.0517. The van der Waals surface area contributed by atoms with Crippen LogP contribution >= 0.6 is 0 Å². The number of likely N-dealkylation sites (tertiary alicyclic amines) is 1. The summed E-state index contributed by atoms with van der Waals surface area (Å²) in [7, 11) is 0. The lowest BCUT2D eigenvalue weighted by Crippen LogP contribution is -2.41. The number of hydrogen-bond acceptors (Lipinski definition) is 4. The molecule has 6 heteroatoms. The highest BCUT2D eigenvalue weighted by atomic mass is 16.6. The second-order valence-corrected chi connectivity index (χ2v) is 8.83. The monoisotopic (exact) mass is 404 g/mol. The zero-order chi connectivity index (χ0) is 21.3. The summed E-state index contributed by atoms with van der Waals surface area (Å²) in [5.74, 6) is 0.537. The molecule has 0 bridgehead atoms. The molecule has 2 amide bonds. The summed E-state index contributed by atoms with van der Waals surface area (Å²) in [5.41, 5.74) is 1.43. The van der Waals surface area contributed by atoms with Gasteiger partial charge in [-0.25, -0.2) is 4.79 Å². The van der Waals surface area contributed by atoms with Crippen LogP contribution in [0.25, 0.3) is 0 Å². The van der Waals surface area contributed by atoms with E-state index in [1.54, 1.807) is 0 Å². The van der Waals surface area contributed by atoms with Gasteiger partial charge >= 0.3 is 6.09 Å². The van der Waals surface area contributed by atoms with Crippen LogP contribution in [0, 0.1) is 5.92 Å². The van der Waals surface area contributed by atoms with Gasteiger partial charge in [-0.2, -0.15) is 0 Å². The van der Waals surface area contributed by atoms with E-state index in [4.69, 9.17) is 9.84 Å². The van der Waals surface area contributed by atoms with Gasteiger partial charge in [0, 0.05) is 25.2 Å². The Morgan fingerprint density at radius 1 is 1.14 bits per heavy atom. The second-order valence-electron chi connectivity index (χ2n) is 8.83. The number of amides is 2. The number of nitrogens with one attached hydrogen (secondary N) is 1. The van der Waals surface area contributed by atoms with E-state index in [0.717, 1.165) is 38.8 Å². The summed E-state index contributed by atoms with van der Waals surface area (Å²) in [6, 6.07) is 7.70. The SMILES string of the molecule is CC(C)(C)OC(=O)N1CCC(CCCCc2ccc(C(=O)NCCO)cc2)CC1. The van der Waals surface area contributed by atoms with E-state index in [0.29, 0.717) is 11.5 Å². The maximum Gasteiger partial charge on any atom is 0.410 e. The lowest BCUT2D eigenvalue weighted by atomic mass is 9.91. The fourth-order valence-corrected chi connectivity index (χ4v) is 3.59. The van der Waals surface area contributed by atoms with Crippen LogP contribution in [-0.4, -0.2) is 53.8 Å². The lowest BCUT2D eigenvalue weighted by molar-refractivity contribution is 0.0180. The number of hydrogen-bond donors (Lipinski definition) is 2. The molecular weight excluding hydrogens is 368 g/mol. The average Bonchev–Trinajstić information content (AvgIpc) is 2.69. The zero-order valence-electron chi connectivity index (χ0n) is 18.1. The number of piperidine rings is 1. The number of aliphatic hydroxyl groups excluding tert-OH is 1. The number of benzene rings is 1. The number of aliphatic hydroxyl groups is 1. The van der Waals surface area contributed by atoms with Crippen molar-refractivity contribution in [2.45, 2.75) is 64.9 Å². The number of ether oxygens (including phenoxy) is 1. The molecule has 1 aliphatic rings. The van der Waals surface area contributed by atoms with Crippen LogP contribution in [0.5, 0.6) is 0 Å². The Bertz CT molecular complexity index is 644. The van der Waals surface area contributed by atoms with Gasteiger partial charge in [-0.3, -0.25) is 4.79 Å². The average molecular weight is 405 g/mol. The van der Waals surface area contributed by atoms with E-state index in [1.807, 2.05) is 49.9 Å². The van der Waals surface area contributed by atoms with Gasteiger partial charge in [-0.05, 0) is 70.1 Å². The number of nitrogens with zero attached hydrogens (tertiary/aromatic N) is 1. The molecule has 0 aromatic heterocycles. The predicted octanol–water partition coefficient (Wildman–Crippen LogP) is 3.77. The summed E-state index contributed by atoms with van der Waals surface area (Å²) in [6.45, 7) is 7.51. The van der Waals surface area contributed by atoms with Gasteiger partial charge in [0.15, 0.2) is 0 Å². The fourth-order valence-electron chi connectivity index (χ4n) is 3.59. The van der Waals surface area contributed by atoms with Gasteiger partial charge in [-0.15, -0.1) is 0 Å². The maximum atomic E-state index is 12.1. The molecule has 1 aromatic carbocycles. The van der Waals surface area contributed by atoms with E-state index in [9.17, 15) is 9.59 Å². The van der Waals surface area contributed by atoms with Crippen molar-refractivity contribution in [3.63, 3.8) is 0 Å². The highest BCUT2D eigenvalue weighted by Gasteiger charge is 2.26. The van der Waals surface area contributed by atoms with E-state index in [-0.39, 0.29) is 25.2 Å². The summed E-state index contributed by atoms with van der Waals surface area (Å²) >= 11 is 0. The standard InChI is InChI=1S/C23H36N2O4/c1-23(2,3)29-22(28)25-15-12-19(13-16-25)7-5-4-6-18-8-10-20(11-9-18)21(27)24-14-17-26/h8-11,19,26H,4-7,12-17H2,1-3H3,(H,24,27). The Kier molecular flexibility index (Phi) is 8.96. The van der Waals surface area contributed by atoms with Crippen molar-refractivity contribution >= 4 is 12.0 Å². The van der Waals surface area contributed by atoms with Crippen LogP contribution in [0.2, 0.25) is 0 Å². The molecule has 0 spiro atoms. The van der Waals surface area contributed by atoms with Gasteiger partial charge in [0.2, 0.25) is 0 Å². The first-order valence-electron chi connectivity index (χ1n) is 10.7. The third kappa shape index (κ3) is 8.44. The van der Waals surface area contributed by atoms with Gasteiger partial charge in [0.25, 0.3) is 5.91 Å². The van der Waals surface area contributed by atoms with Crippen molar-refractivity contribution < 1.29 is 19.4 Å². The number of carbonyl (C=O) groups is 2. The molecule has 29 heavy (non-hydrogen) atoms. The van der Waals surface area contributed by atoms with Gasteiger partial charge < -0.3 is 20.1 Å². The van der Waals surface area contributed by atoms with Crippen molar-refractivity contribution in [2.75, 3.05) is 26.2 Å². The third-order valence-electron chi connectivity index (χ3n) is 5.21. The Balaban J connectivity index is 1.62. The van der Waals surface area contributed by atoms with Crippen LogP contribution in [0.15, 0.2) is 24.3 Å². The Labute approximate surface area is 174 Å². The zero-order valence-corrected chi connectivity index (χ0v) is 18.1. The maximum absolute atomic E-state index is 12.1. The molecule has 0 unspecified atom stereocenters. The largest absolute Gasteiger partial charge is 0.444 e. The highest BCUT2D eigenvalue weighted by molar-refractivity contribution is 5.94. The van der Waals surface area contributed by atoms with E-state index < -0.39 is 5.60 Å². The number of aryl methyl sites for hydroxylation is 1. The van der Waals surface area contributed by atoms with Crippen molar-refractivity contribution in [3.8, 4) is 0 Å². The Morgan fingerprint density at radius 2 is 1.79 bits per heavy atom. The smallest absolute Gasteiger partial charge is 0.410 e. The summed E-state index contributed by atoms with van der Waals surface area (Å²) < 4.78 is 5.45. The molecule has 162 valence electrons. The Hall–Kier alpha value is -2.08. The minimum Gasteiger partial charge on any atom is -0.444 e. The second kappa shape index (κ2) is 11.2. The van der Waals surface area contributed by atoms with Crippen LogP contribution in [-0.2, 0) is 11.2 Å². The molecule has 0 atom stereocenters. The van der Waals surface area contributed by atoms with Crippen LogP contribution < -0.4 is 5.32 Å². The summed E-state index contributed by atoms with van der Waals surface area (Å²) in [6.07, 6.45) is 6.43. The number of rotatable bonds is 8. The third-order valence-corrected chi connectivity index (χ3v) is 5.21. The topological polar surface area (TPSA) is 78.9 Å². The molecule has 2 N–H and O–H groups in total. The molecule has 1 aliphatic heterocycles. The predicted molar refractivity (Wildman–Crippen MR) is 114 cm³/mol. The molecule has 0 radical (unpaired) electrons. The Morgan fingerprint density at radius 3 is 2.38 bits per heavy atom. The van der Waals surface area contributed by atoms with Crippen LogP contribution in [0.4, 0.5) is 4.79 Å². The number of carbonyl (C=O) groups excluding carboxylic acids is 2. The molecule has 1 heterocycles. The van der Waals surface area contributed by atoms with E-state index in [2.05, 4.69) is 5.32 Å². The van der Waals surface area contributed by atoms with Crippen molar-refractivity contribution in [1.82, 2.24) is 10.2 Å². The first-order valence-corrected chi connectivity index (χ1v) is 10.7. The molecule has 1 saturated heterocycles. The fraction of sp³-hybridized carbons (Fsp3) is 0.652. The number of unbranched alkanes of at least 4 members (excludes halogenated alkanes) is 1. The minimum atomic E-state index is -0.435. The van der Waals surface area contributed by atoms with Crippen LogP contribution in [0.1, 0.15) is 68.8 Å². The van der Waals surface area contributed by atoms with Crippen LogP contribution in [0.3, 0.4) is 0 Å². The normalized spacial score (nSPS) is 15.2. The van der Waals surface area contributed by atoms with E-state index >= 15 is 0 Å². The summed E-state index contributed by atoms with van der Waals surface area (Å²) in [4.78, 5) is 25.8. The van der Waals surface area contributed by atoms with Gasteiger partial charge in [0.05, 0.1) is 6.61 Å². The lowest BCUT2D eigenvalue weighted by Gasteiger charge is -2.33. The van der Waals surface area contributed by atoms with Gasteiger partial charge in [0.1, 0.15) is 5.60 Å². The summed E-state index contributed by atoms with van der Waals surface area (Å²) in [5, 5.41) is 11.4. The quantitative estimate of drug-likeness (QED) is 0.647. The molecule has 1 aromatic rings. The van der Waals surface area contributed by atoms with Crippen molar-refractivity contribution in [1.29, 1.82) is 0 Å². The molecular formula is C23H36N2O4. The highest BCUT2D eigenvalue weighted by Crippen LogP contribution is 2.24. The van der Waals surface area contributed by atoms with Crippen molar-refractivity contribution in [2.24, 2.45) is 5.92 Å². The molecule has 6 nitrogen and oxygen atoms in total. The molecule has 1 fully saturated rings. The molecule has 0 saturated carbocycles. The molecule has 0 aliphatic carbocycles. The molecule has 2 rings (SSSR count). The van der Waals surface area contributed by atoms with Crippen molar-refractivity contribution in [3.05, 3.63) is 35.4 Å².